The molecule has 0 amide bonds. The van der Waals surface area contributed by atoms with Crippen molar-refractivity contribution in [3.05, 3.63) is 39.3 Å². The van der Waals surface area contributed by atoms with E-state index in [-0.39, 0.29) is 5.56 Å². The van der Waals surface area contributed by atoms with Gasteiger partial charge in [0.05, 0.1) is 19.6 Å². The summed E-state index contributed by atoms with van der Waals surface area (Å²) in [6.45, 7) is 2.81. The van der Waals surface area contributed by atoms with E-state index in [1.165, 1.54) is 0 Å². The van der Waals surface area contributed by atoms with Gasteiger partial charge in [-0.2, -0.15) is 0 Å². The highest BCUT2D eigenvalue weighted by molar-refractivity contribution is 7.19. The Bertz CT molecular complexity index is 1040. The van der Waals surface area contributed by atoms with E-state index in [0.717, 1.165) is 64.3 Å². The van der Waals surface area contributed by atoms with Crippen molar-refractivity contribution < 1.29 is 9.47 Å². The molecule has 0 saturated carbocycles. The van der Waals surface area contributed by atoms with Crippen molar-refractivity contribution in [1.82, 2.24) is 9.55 Å². The van der Waals surface area contributed by atoms with Gasteiger partial charge in [0.2, 0.25) is 0 Å². The summed E-state index contributed by atoms with van der Waals surface area (Å²) < 4.78 is 12.7. The molecule has 1 aromatic carbocycles. The first-order valence-electron chi connectivity index (χ1n) is 8.89. The van der Waals surface area contributed by atoms with Gasteiger partial charge < -0.3 is 9.47 Å². The van der Waals surface area contributed by atoms with E-state index in [4.69, 9.17) is 14.5 Å². The first-order chi connectivity index (χ1) is 12.6. The van der Waals surface area contributed by atoms with Crippen molar-refractivity contribution in [2.75, 3.05) is 14.2 Å². The van der Waals surface area contributed by atoms with Crippen LogP contribution in [-0.2, 0) is 13.0 Å². The van der Waals surface area contributed by atoms with Gasteiger partial charge in [-0.3, -0.25) is 9.36 Å². The predicted octanol–water partition coefficient (Wildman–Crippen LogP) is 4.18. The van der Waals surface area contributed by atoms with Crippen molar-refractivity contribution in [1.29, 1.82) is 0 Å². The molecule has 0 atom stereocenters. The molecule has 2 aromatic heterocycles. The predicted molar refractivity (Wildman–Crippen MR) is 105 cm³/mol. The zero-order chi connectivity index (χ0) is 18.3. The Morgan fingerprint density at radius 3 is 2.69 bits per heavy atom. The molecular weight excluding hydrogens is 348 g/mol. The summed E-state index contributed by atoms with van der Waals surface area (Å²) in [6.07, 6.45) is 4.17. The summed E-state index contributed by atoms with van der Waals surface area (Å²) in [5.74, 6) is 2.27. The summed E-state index contributed by atoms with van der Waals surface area (Å²) in [5, 5.41) is 0.727. The Hall–Kier alpha value is -2.34. The van der Waals surface area contributed by atoms with Crippen LogP contribution in [0.4, 0.5) is 0 Å². The maximum atomic E-state index is 13.3. The molecule has 0 unspecified atom stereocenters. The van der Waals surface area contributed by atoms with Crippen molar-refractivity contribution in [2.24, 2.45) is 0 Å². The summed E-state index contributed by atoms with van der Waals surface area (Å²) in [6, 6.07) is 5.79. The normalized spacial score (nSPS) is 14.1. The van der Waals surface area contributed by atoms with Crippen LogP contribution >= 0.6 is 11.3 Å². The Labute approximate surface area is 156 Å². The van der Waals surface area contributed by atoms with Gasteiger partial charge in [-0.25, -0.2) is 4.98 Å². The molecule has 3 heterocycles. The van der Waals surface area contributed by atoms with Crippen LogP contribution in [0.1, 0.15) is 30.0 Å². The fourth-order valence-corrected chi connectivity index (χ4v) is 4.78. The summed E-state index contributed by atoms with van der Waals surface area (Å²) in [4.78, 5) is 20.1. The van der Waals surface area contributed by atoms with Crippen molar-refractivity contribution in [2.45, 2.75) is 39.2 Å². The van der Waals surface area contributed by atoms with Gasteiger partial charge >= 0.3 is 0 Å². The summed E-state index contributed by atoms with van der Waals surface area (Å²) >= 11 is 1.59. The highest BCUT2D eigenvalue weighted by Gasteiger charge is 2.21. The van der Waals surface area contributed by atoms with E-state index in [1.807, 2.05) is 29.7 Å². The number of aromatic nitrogens is 2. The van der Waals surface area contributed by atoms with Crippen LogP contribution in [0, 0.1) is 6.92 Å². The molecule has 0 bridgehead atoms. The number of ether oxygens (including phenoxy) is 2. The molecule has 4 rings (SSSR count). The summed E-state index contributed by atoms with van der Waals surface area (Å²) in [7, 11) is 3.24. The molecule has 1 aliphatic rings. The number of nitrogens with zero attached hydrogens (tertiary/aromatic N) is 2. The van der Waals surface area contributed by atoms with Gasteiger partial charge in [0, 0.05) is 23.4 Å². The third-order valence-corrected chi connectivity index (χ3v) is 6.02. The Morgan fingerprint density at radius 2 is 1.92 bits per heavy atom. The molecule has 5 nitrogen and oxygen atoms in total. The fourth-order valence-electron chi connectivity index (χ4n) is 3.73. The van der Waals surface area contributed by atoms with Gasteiger partial charge in [0.25, 0.3) is 5.56 Å². The van der Waals surface area contributed by atoms with Crippen LogP contribution in [-0.4, -0.2) is 23.8 Å². The van der Waals surface area contributed by atoms with Crippen molar-refractivity contribution in [3.63, 3.8) is 0 Å². The van der Waals surface area contributed by atoms with Crippen LogP contribution in [0.3, 0.4) is 0 Å². The highest BCUT2D eigenvalue weighted by atomic mass is 32.1. The van der Waals surface area contributed by atoms with Gasteiger partial charge in [-0.1, -0.05) is 12.5 Å². The Kier molecular flexibility index (Phi) is 4.44. The average molecular weight is 370 g/mol. The minimum absolute atomic E-state index is 0.0843. The summed E-state index contributed by atoms with van der Waals surface area (Å²) in [5.41, 5.74) is 2.00. The topological polar surface area (TPSA) is 53.4 Å². The van der Waals surface area contributed by atoms with E-state index in [0.29, 0.717) is 11.5 Å². The van der Waals surface area contributed by atoms with Crippen LogP contribution in [0.25, 0.3) is 21.3 Å². The van der Waals surface area contributed by atoms with Crippen molar-refractivity contribution in [3.8, 4) is 22.6 Å². The Balaban J connectivity index is 1.98. The zero-order valence-corrected chi connectivity index (χ0v) is 16.1. The largest absolute Gasteiger partial charge is 0.493 e. The van der Waals surface area contributed by atoms with E-state index in [9.17, 15) is 4.79 Å². The van der Waals surface area contributed by atoms with E-state index in [1.54, 1.807) is 25.6 Å². The smallest absolute Gasteiger partial charge is 0.262 e. The molecule has 0 N–H and O–H groups in total. The average Bonchev–Trinajstić information content (AvgIpc) is 2.81. The Morgan fingerprint density at radius 1 is 1.12 bits per heavy atom. The third-order valence-electron chi connectivity index (χ3n) is 5.02. The van der Waals surface area contributed by atoms with E-state index >= 15 is 0 Å². The molecule has 0 fully saturated rings. The number of benzene rings is 1. The number of aryl methyl sites for hydroxylation is 2. The molecule has 0 spiro atoms. The van der Waals surface area contributed by atoms with E-state index in [2.05, 4.69) is 0 Å². The quantitative estimate of drug-likeness (QED) is 0.694. The minimum Gasteiger partial charge on any atom is -0.493 e. The van der Waals surface area contributed by atoms with Crippen LogP contribution < -0.4 is 15.0 Å². The maximum absolute atomic E-state index is 13.3. The number of fused-ring (bicyclic) bond motifs is 2. The first-order valence-corrected chi connectivity index (χ1v) is 9.71. The lowest BCUT2D eigenvalue weighted by Gasteiger charge is -2.11. The first kappa shape index (κ1) is 17.1. The lowest BCUT2D eigenvalue weighted by Crippen LogP contribution is -2.24. The van der Waals surface area contributed by atoms with E-state index < -0.39 is 0 Å². The molecule has 0 saturated heterocycles. The van der Waals surface area contributed by atoms with Crippen LogP contribution in [0.5, 0.6) is 11.5 Å². The SMILES string of the molecule is COc1ccc(-c2c(C)sc3nc4n(c(=O)c23)CCCCC4)cc1OC. The number of rotatable bonds is 3. The maximum Gasteiger partial charge on any atom is 0.262 e. The fraction of sp³-hybridized carbons (Fsp3) is 0.400. The monoisotopic (exact) mass is 370 g/mol. The van der Waals surface area contributed by atoms with Crippen LogP contribution in [0.15, 0.2) is 23.0 Å². The third kappa shape index (κ3) is 2.69. The molecular formula is C20H22N2O3S. The number of thiophene rings is 1. The molecule has 0 radical (unpaired) electrons. The number of hydrogen-bond acceptors (Lipinski definition) is 5. The van der Waals surface area contributed by atoms with Gasteiger partial charge in [-0.05, 0) is 37.5 Å². The molecule has 0 aliphatic carbocycles. The second kappa shape index (κ2) is 6.76. The lowest BCUT2D eigenvalue weighted by molar-refractivity contribution is 0.355. The molecule has 6 heteroatoms. The second-order valence-corrected chi connectivity index (χ2v) is 7.78. The number of methoxy groups -OCH3 is 2. The second-order valence-electron chi connectivity index (χ2n) is 6.58. The molecule has 3 aromatic rings. The zero-order valence-electron chi connectivity index (χ0n) is 15.3. The minimum atomic E-state index is 0.0843. The van der Waals surface area contributed by atoms with Gasteiger partial charge in [0.15, 0.2) is 11.5 Å². The van der Waals surface area contributed by atoms with Crippen molar-refractivity contribution >= 4 is 21.6 Å². The lowest BCUT2D eigenvalue weighted by atomic mass is 10.0. The van der Waals surface area contributed by atoms with Gasteiger partial charge in [0.1, 0.15) is 10.7 Å². The van der Waals surface area contributed by atoms with Crippen LogP contribution in [0.2, 0.25) is 0 Å². The van der Waals surface area contributed by atoms with Gasteiger partial charge in [-0.15, -0.1) is 11.3 Å². The molecule has 26 heavy (non-hydrogen) atoms. The number of hydrogen-bond donors (Lipinski definition) is 0. The highest BCUT2D eigenvalue weighted by Crippen LogP contribution is 2.39. The molecule has 136 valence electrons. The molecule has 1 aliphatic heterocycles. The standard InChI is InChI=1S/C20H22N2O3S/c1-12-17(13-8-9-14(24-2)15(11-13)25-3)18-19(26-12)21-16-7-5-4-6-10-22(16)20(18)23/h8-9,11H,4-7,10H2,1-3H3.